The third-order valence-corrected chi connectivity index (χ3v) is 4.38. The number of rotatable bonds is 6. The highest BCUT2D eigenvalue weighted by Crippen LogP contribution is 2.09. The first kappa shape index (κ1) is 13.7. The summed E-state index contributed by atoms with van der Waals surface area (Å²) >= 11 is 0. The predicted molar refractivity (Wildman–Crippen MR) is 71.0 cm³/mol. The van der Waals surface area contributed by atoms with E-state index in [0.717, 1.165) is 18.4 Å². The van der Waals surface area contributed by atoms with E-state index in [-0.39, 0.29) is 5.75 Å². The molecule has 17 heavy (non-hydrogen) atoms. The Kier molecular flexibility index (Phi) is 5.71. The highest BCUT2D eigenvalue weighted by molar-refractivity contribution is 7.93. The molecule has 1 aromatic carbocycles. The molecule has 0 saturated heterocycles. The van der Waals surface area contributed by atoms with Gasteiger partial charge in [0, 0.05) is 6.54 Å². The molecule has 0 spiro atoms. The summed E-state index contributed by atoms with van der Waals surface area (Å²) in [5.74, 6) is 0.400. The minimum absolute atomic E-state index is 0.0195. The largest absolute Gasteiger partial charge is 0.248 e. The van der Waals surface area contributed by atoms with Gasteiger partial charge in [0.15, 0.2) is 0 Å². The lowest BCUT2D eigenvalue weighted by Gasteiger charge is -2.06. The summed E-state index contributed by atoms with van der Waals surface area (Å²) in [6.45, 7) is 2.66. The second kappa shape index (κ2) is 7.08. The average molecular weight is 250 g/mol. The van der Waals surface area contributed by atoms with Crippen LogP contribution in [0.25, 0.3) is 0 Å². The Morgan fingerprint density at radius 2 is 2.06 bits per heavy atom. The molecule has 1 unspecified atom stereocenters. The van der Waals surface area contributed by atoms with Gasteiger partial charge in [-0.2, -0.15) is 5.26 Å². The molecule has 92 valence electrons. The minimum Gasteiger partial charge on any atom is -0.248 e. The van der Waals surface area contributed by atoms with Gasteiger partial charge >= 0.3 is 0 Å². The quantitative estimate of drug-likeness (QED) is 0.729. The highest BCUT2D eigenvalue weighted by Gasteiger charge is 2.09. The highest BCUT2D eigenvalue weighted by atomic mass is 32.2. The van der Waals surface area contributed by atoms with Crippen LogP contribution in [0.15, 0.2) is 34.7 Å². The molecule has 1 aromatic rings. The molecule has 0 aliphatic carbocycles. The van der Waals surface area contributed by atoms with Gasteiger partial charge in [-0.15, -0.1) is 0 Å². The molecule has 0 radical (unpaired) electrons. The van der Waals surface area contributed by atoms with Crippen molar-refractivity contribution in [3.8, 4) is 6.07 Å². The Bertz CT molecular complexity index is 482. The van der Waals surface area contributed by atoms with Crippen molar-refractivity contribution in [3.63, 3.8) is 0 Å². The smallest absolute Gasteiger partial charge is 0.119 e. The minimum atomic E-state index is -2.40. The second-order valence-corrected chi connectivity index (χ2v) is 6.29. The first-order chi connectivity index (χ1) is 8.20. The van der Waals surface area contributed by atoms with Crippen LogP contribution in [0, 0.1) is 11.3 Å². The van der Waals surface area contributed by atoms with Gasteiger partial charge in [-0.3, -0.25) is 0 Å². The summed E-state index contributed by atoms with van der Waals surface area (Å²) in [4.78, 5) is 0. The third kappa shape index (κ3) is 5.01. The van der Waals surface area contributed by atoms with Crippen LogP contribution < -0.4 is 0 Å². The van der Waals surface area contributed by atoms with Crippen molar-refractivity contribution in [1.82, 2.24) is 0 Å². The lowest BCUT2D eigenvalue weighted by molar-refractivity contribution is 0.674. The summed E-state index contributed by atoms with van der Waals surface area (Å²) in [6.07, 6.45) is 1.95. The van der Waals surface area contributed by atoms with Gasteiger partial charge in [-0.25, -0.2) is 8.57 Å². The van der Waals surface area contributed by atoms with Crippen LogP contribution in [0.3, 0.4) is 0 Å². The van der Waals surface area contributed by atoms with Crippen LogP contribution in [0.2, 0.25) is 0 Å². The van der Waals surface area contributed by atoms with Crippen LogP contribution >= 0.6 is 0 Å². The monoisotopic (exact) mass is 250 g/mol. The third-order valence-electron chi connectivity index (χ3n) is 2.36. The van der Waals surface area contributed by atoms with E-state index in [1.807, 2.05) is 36.4 Å². The fraction of sp³-hybridized carbons (Fsp3) is 0.462. The van der Waals surface area contributed by atoms with E-state index >= 15 is 0 Å². The van der Waals surface area contributed by atoms with E-state index in [1.54, 1.807) is 0 Å². The first-order valence-electron chi connectivity index (χ1n) is 5.79. The molecule has 0 N–H and O–H groups in total. The number of nitrogens with zero attached hydrogens (tertiary/aromatic N) is 2. The molecule has 0 amide bonds. The lowest BCUT2D eigenvalue weighted by Crippen LogP contribution is -2.09. The van der Waals surface area contributed by atoms with Crippen LogP contribution in [-0.2, 0) is 15.5 Å². The zero-order valence-electron chi connectivity index (χ0n) is 10.1. The van der Waals surface area contributed by atoms with Crippen molar-refractivity contribution < 1.29 is 4.21 Å². The van der Waals surface area contributed by atoms with Crippen molar-refractivity contribution in [3.05, 3.63) is 35.9 Å². The molecule has 1 rings (SSSR count). The van der Waals surface area contributed by atoms with Crippen molar-refractivity contribution in [2.24, 2.45) is 4.36 Å². The van der Waals surface area contributed by atoms with Gasteiger partial charge in [0.1, 0.15) is 5.75 Å². The van der Waals surface area contributed by atoms with Crippen LogP contribution in [0.4, 0.5) is 0 Å². The van der Waals surface area contributed by atoms with Crippen molar-refractivity contribution in [2.75, 3.05) is 12.3 Å². The van der Waals surface area contributed by atoms with Crippen LogP contribution in [0.1, 0.15) is 25.3 Å². The Balaban J connectivity index is 2.83. The molecule has 0 bridgehead atoms. The van der Waals surface area contributed by atoms with E-state index < -0.39 is 9.73 Å². The van der Waals surface area contributed by atoms with Crippen LogP contribution in [-0.4, -0.2) is 16.5 Å². The van der Waals surface area contributed by atoms with Gasteiger partial charge in [0.2, 0.25) is 0 Å². The standard InChI is InChI=1S/C13H18N2OS/c1-2-3-10-15-17(16,11-9-14)12-13-7-5-4-6-8-13/h4-8H,2-3,10-12H2,1H3. The normalized spacial score (nSPS) is 13.6. The zero-order valence-corrected chi connectivity index (χ0v) is 10.9. The summed E-state index contributed by atoms with van der Waals surface area (Å²) in [5, 5.41) is 8.75. The zero-order chi connectivity index (χ0) is 12.6. The van der Waals surface area contributed by atoms with E-state index in [9.17, 15) is 4.21 Å². The summed E-state index contributed by atoms with van der Waals surface area (Å²) in [6, 6.07) is 11.6. The van der Waals surface area contributed by atoms with Crippen molar-refractivity contribution in [2.45, 2.75) is 25.5 Å². The molecule has 4 heteroatoms. The van der Waals surface area contributed by atoms with Gasteiger partial charge in [0.25, 0.3) is 0 Å². The fourth-order valence-electron chi connectivity index (χ4n) is 1.47. The van der Waals surface area contributed by atoms with Gasteiger partial charge in [-0.05, 0) is 12.0 Å². The Hall–Kier alpha value is -1.34. The summed E-state index contributed by atoms with van der Waals surface area (Å²) in [5.41, 5.74) is 0.980. The summed E-state index contributed by atoms with van der Waals surface area (Å²) in [7, 11) is -2.40. The Labute approximate surface area is 104 Å². The first-order valence-corrected chi connectivity index (χ1v) is 7.64. The van der Waals surface area contributed by atoms with E-state index in [4.69, 9.17) is 5.26 Å². The molecule has 0 fully saturated rings. The summed E-state index contributed by atoms with van der Waals surface area (Å²) < 4.78 is 16.7. The molecule has 0 heterocycles. The maximum Gasteiger partial charge on any atom is 0.119 e. The molecule has 0 aliphatic rings. The number of hydrogen-bond donors (Lipinski definition) is 0. The SMILES string of the molecule is CCCCN=S(=O)(CC#N)Cc1ccccc1. The molecular weight excluding hydrogens is 232 g/mol. The van der Waals surface area contributed by atoms with Crippen molar-refractivity contribution in [1.29, 1.82) is 5.26 Å². The van der Waals surface area contributed by atoms with Gasteiger partial charge in [-0.1, -0.05) is 43.7 Å². The molecule has 3 nitrogen and oxygen atoms in total. The second-order valence-electron chi connectivity index (χ2n) is 3.91. The maximum absolute atomic E-state index is 12.4. The predicted octanol–water partition coefficient (Wildman–Crippen LogP) is 2.98. The molecule has 0 aliphatic heterocycles. The van der Waals surface area contributed by atoms with E-state index in [0.29, 0.717) is 12.3 Å². The lowest BCUT2D eigenvalue weighted by atomic mass is 10.2. The maximum atomic E-state index is 12.4. The number of unbranched alkanes of at least 4 members (excludes halogenated alkanes) is 1. The topological polar surface area (TPSA) is 53.2 Å². The van der Waals surface area contributed by atoms with Gasteiger partial charge < -0.3 is 0 Å². The van der Waals surface area contributed by atoms with Crippen molar-refractivity contribution >= 4 is 9.73 Å². The molecule has 0 aromatic heterocycles. The number of benzene rings is 1. The van der Waals surface area contributed by atoms with Gasteiger partial charge in [0.05, 0.1) is 21.6 Å². The Morgan fingerprint density at radius 3 is 2.65 bits per heavy atom. The van der Waals surface area contributed by atoms with E-state index in [1.165, 1.54) is 0 Å². The fourth-order valence-corrected chi connectivity index (χ4v) is 3.13. The Morgan fingerprint density at radius 1 is 1.35 bits per heavy atom. The molecular formula is C13H18N2OS. The average Bonchev–Trinajstić information content (AvgIpc) is 2.31. The molecule has 1 atom stereocenters. The number of nitriles is 1. The van der Waals surface area contributed by atoms with E-state index in [2.05, 4.69) is 11.3 Å². The van der Waals surface area contributed by atoms with Crippen LogP contribution in [0.5, 0.6) is 0 Å². The number of hydrogen-bond acceptors (Lipinski definition) is 3. The molecule has 0 saturated carbocycles.